The Labute approximate surface area is 117 Å². The average Bonchev–Trinajstić information content (AvgIpc) is 2.69. The molecular formula is C12H12FIN2S. The fourth-order valence-corrected chi connectivity index (χ4v) is 3.20. The molecular weight excluding hydrogens is 350 g/mol. The van der Waals surface area contributed by atoms with E-state index in [1.165, 1.54) is 15.0 Å². The number of nitrogens with one attached hydrogen (secondary N) is 1. The van der Waals surface area contributed by atoms with Crippen LogP contribution in [0.3, 0.4) is 0 Å². The molecule has 5 heteroatoms. The van der Waals surface area contributed by atoms with Crippen LogP contribution in [0.15, 0.2) is 29.6 Å². The summed E-state index contributed by atoms with van der Waals surface area (Å²) in [4.78, 5) is 0. The lowest BCUT2D eigenvalue weighted by Gasteiger charge is -2.17. The van der Waals surface area contributed by atoms with Gasteiger partial charge >= 0.3 is 0 Å². The summed E-state index contributed by atoms with van der Waals surface area (Å²) in [6, 6.07) is 6.76. The van der Waals surface area contributed by atoms with E-state index in [1.807, 2.05) is 6.92 Å². The largest absolute Gasteiger partial charge is 0.271 e. The van der Waals surface area contributed by atoms with E-state index in [2.05, 4.69) is 39.5 Å². The molecule has 2 nitrogen and oxygen atoms in total. The minimum Gasteiger partial charge on any atom is -0.271 e. The predicted octanol–water partition coefficient (Wildman–Crippen LogP) is 3.35. The van der Waals surface area contributed by atoms with Crippen LogP contribution in [0.5, 0.6) is 0 Å². The Balaban J connectivity index is 2.42. The lowest BCUT2D eigenvalue weighted by Crippen LogP contribution is -2.29. The highest BCUT2D eigenvalue weighted by Crippen LogP contribution is 2.28. The Morgan fingerprint density at radius 1 is 1.41 bits per heavy atom. The molecule has 17 heavy (non-hydrogen) atoms. The molecule has 0 spiro atoms. The highest BCUT2D eigenvalue weighted by Gasteiger charge is 2.16. The maximum Gasteiger partial charge on any atom is 0.123 e. The van der Waals surface area contributed by atoms with Crippen LogP contribution in [0.25, 0.3) is 0 Å². The lowest BCUT2D eigenvalue weighted by molar-refractivity contribution is 0.612. The number of hydrazine groups is 1. The molecule has 1 aromatic heterocycles. The van der Waals surface area contributed by atoms with Crippen LogP contribution >= 0.6 is 33.9 Å². The van der Waals surface area contributed by atoms with Crippen molar-refractivity contribution < 1.29 is 4.39 Å². The van der Waals surface area contributed by atoms with Crippen LogP contribution < -0.4 is 11.3 Å². The summed E-state index contributed by atoms with van der Waals surface area (Å²) in [6.45, 7) is 1.89. The quantitative estimate of drug-likeness (QED) is 0.499. The van der Waals surface area contributed by atoms with Crippen molar-refractivity contribution in [3.05, 3.63) is 55.0 Å². The second kappa shape index (κ2) is 5.43. The van der Waals surface area contributed by atoms with Gasteiger partial charge < -0.3 is 0 Å². The number of hydrogen-bond donors (Lipinski definition) is 2. The molecule has 90 valence electrons. The topological polar surface area (TPSA) is 38.0 Å². The third-order valence-electron chi connectivity index (χ3n) is 2.63. The summed E-state index contributed by atoms with van der Waals surface area (Å²) >= 11 is 3.94. The van der Waals surface area contributed by atoms with Gasteiger partial charge in [-0.1, -0.05) is 6.07 Å². The van der Waals surface area contributed by atoms with E-state index in [1.54, 1.807) is 17.4 Å². The molecule has 1 atom stereocenters. The smallest absolute Gasteiger partial charge is 0.123 e. The number of thiophene rings is 1. The molecule has 2 aromatic rings. The third kappa shape index (κ3) is 2.85. The molecule has 0 aliphatic heterocycles. The van der Waals surface area contributed by atoms with Crippen molar-refractivity contribution >= 4 is 33.9 Å². The number of benzene rings is 1. The van der Waals surface area contributed by atoms with Gasteiger partial charge in [0.05, 0.1) is 8.93 Å². The van der Waals surface area contributed by atoms with Gasteiger partial charge in [0, 0.05) is 0 Å². The zero-order valence-corrected chi connectivity index (χ0v) is 12.2. The van der Waals surface area contributed by atoms with E-state index in [9.17, 15) is 4.39 Å². The van der Waals surface area contributed by atoms with Crippen molar-refractivity contribution in [3.63, 3.8) is 0 Å². The van der Waals surface area contributed by atoms with Gasteiger partial charge in [-0.15, -0.1) is 11.3 Å². The van der Waals surface area contributed by atoms with E-state index >= 15 is 0 Å². The van der Waals surface area contributed by atoms with Crippen LogP contribution in [-0.4, -0.2) is 0 Å². The zero-order chi connectivity index (χ0) is 12.4. The Morgan fingerprint density at radius 2 is 2.18 bits per heavy atom. The van der Waals surface area contributed by atoms with E-state index in [4.69, 9.17) is 5.84 Å². The first-order valence-electron chi connectivity index (χ1n) is 5.08. The Bertz CT molecular complexity index is 527. The van der Waals surface area contributed by atoms with Crippen LogP contribution in [-0.2, 0) is 0 Å². The second-order valence-corrected chi connectivity index (χ2v) is 6.59. The molecule has 0 fully saturated rings. The van der Waals surface area contributed by atoms with Gasteiger partial charge in [0.2, 0.25) is 0 Å². The number of halogens is 2. The van der Waals surface area contributed by atoms with Gasteiger partial charge in [0.25, 0.3) is 0 Å². The molecule has 3 N–H and O–H groups in total. The van der Waals surface area contributed by atoms with Crippen molar-refractivity contribution in [1.29, 1.82) is 0 Å². The molecule has 2 rings (SSSR count). The summed E-state index contributed by atoms with van der Waals surface area (Å²) in [5.74, 6) is 5.39. The second-order valence-electron chi connectivity index (χ2n) is 3.78. The predicted molar refractivity (Wildman–Crippen MR) is 77.3 cm³/mol. The first kappa shape index (κ1) is 12.9. The molecule has 0 saturated carbocycles. The molecule has 0 aliphatic rings. The van der Waals surface area contributed by atoms with Gasteiger partial charge in [-0.25, -0.2) is 9.82 Å². The van der Waals surface area contributed by atoms with Gasteiger partial charge in [-0.2, -0.15) is 0 Å². The Kier molecular flexibility index (Phi) is 4.13. The van der Waals surface area contributed by atoms with E-state index in [0.29, 0.717) is 0 Å². The van der Waals surface area contributed by atoms with Crippen molar-refractivity contribution in [3.8, 4) is 0 Å². The van der Waals surface area contributed by atoms with Crippen molar-refractivity contribution in [2.45, 2.75) is 13.0 Å². The number of rotatable bonds is 3. The molecule has 0 radical (unpaired) electrons. The Morgan fingerprint density at radius 3 is 2.71 bits per heavy atom. The summed E-state index contributed by atoms with van der Waals surface area (Å²) < 4.78 is 14.3. The molecule has 0 saturated heterocycles. The fraction of sp³-hybridized carbons (Fsp3) is 0.167. The van der Waals surface area contributed by atoms with Gasteiger partial charge in [-0.05, 0) is 69.8 Å². The third-order valence-corrected chi connectivity index (χ3v) is 4.44. The first-order valence-corrected chi connectivity index (χ1v) is 7.03. The van der Waals surface area contributed by atoms with Crippen LogP contribution in [0, 0.1) is 15.6 Å². The maximum atomic E-state index is 13.1. The normalized spacial score (nSPS) is 12.7. The molecule has 1 unspecified atom stereocenters. The maximum absolute atomic E-state index is 13.1. The van der Waals surface area contributed by atoms with Crippen LogP contribution in [0.4, 0.5) is 4.39 Å². The minimum absolute atomic E-state index is 0.0876. The first-order chi connectivity index (χ1) is 8.11. The van der Waals surface area contributed by atoms with Crippen molar-refractivity contribution in [2.24, 2.45) is 5.84 Å². The van der Waals surface area contributed by atoms with Gasteiger partial charge in [0.15, 0.2) is 0 Å². The van der Waals surface area contributed by atoms with Gasteiger partial charge in [-0.3, -0.25) is 5.84 Å². The fourth-order valence-electron chi connectivity index (χ4n) is 1.80. The minimum atomic E-state index is -0.220. The van der Waals surface area contributed by atoms with Crippen LogP contribution in [0.2, 0.25) is 0 Å². The monoisotopic (exact) mass is 362 g/mol. The molecule has 0 aliphatic carbocycles. The van der Waals surface area contributed by atoms with Gasteiger partial charge in [0.1, 0.15) is 5.82 Å². The van der Waals surface area contributed by atoms with E-state index < -0.39 is 0 Å². The highest BCUT2D eigenvalue weighted by molar-refractivity contribution is 14.1. The van der Waals surface area contributed by atoms with E-state index in [-0.39, 0.29) is 11.9 Å². The molecule has 1 aromatic carbocycles. The number of hydrogen-bond acceptors (Lipinski definition) is 3. The van der Waals surface area contributed by atoms with Crippen molar-refractivity contribution in [1.82, 2.24) is 5.43 Å². The number of nitrogens with two attached hydrogens (primary N) is 1. The number of aryl methyl sites for hydroxylation is 1. The molecule has 0 amide bonds. The summed E-state index contributed by atoms with van der Waals surface area (Å²) in [5, 5.41) is 2.06. The molecule has 1 heterocycles. The van der Waals surface area contributed by atoms with Crippen molar-refractivity contribution in [2.75, 3.05) is 0 Å². The van der Waals surface area contributed by atoms with Crippen LogP contribution in [0.1, 0.15) is 22.7 Å². The standard InChI is InChI=1S/C12H12FIN2S/c1-7-4-9(13)2-3-10(7)12(16-15)8-5-11(14)17-6-8/h2-6,12,16H,15H2,1H3. The SMILES string of the molecule is Cc1cc(F)ccc1C(NN)c1csc(I)c1. The average molecular weight is 362 g/mol. The molecule has 0 bridgehead atoms. The lowest BCUT2D eigenvalue weighted by atomic mass is 9.97. The summed E-state index contributed by atoms with van der Waals surface area (Å²) in [5.41, 5.74) is 5.80. The van der Waals surface area contributed by atoms with E-state index in [0.717, 1.165) is 16.7 Å². The summed E-state index contributed by atoms with van der Waals surface area (Å²) in [6.07, 6.45) is 0. The Hall–Kier alpha value is -0.500. The highest BCUT2D eigenvalue weighted by atomic mass is 127. The summed E-state index contributed by atoms with van der Waals surface area (Å²) in [7, 11) is 0. The zero-order valence-electron chi connectivity index (χ0n) is 9.21.